The van der Waals surface area contributed by atoms with E-state index in [1.807, 2.05) is 30.3 Å². The first-order chi connectivity index (χ1) is 9.29. The molecule has 0 fully saturated rings. The van der Waals surface area contributed by atoms with E-state index < -0.39 is 0 Å². The first-order valence-corrected chi connectivity index (χ1v) is 6.81. The fourth-order valence-electron chi connectivity index (χ4n) is 1.96. The van der Waals surface area contributed by atoms with E-state index in [0.717, 1.165) is 31.4 Å². The Morgan fingerprint density at radius 3 is 2.63 bits per heavy atom. The van der Waals surface area contributed by atoms with Crippen LogP contribution in [-0.2, 0) is 9.53 Å². The number of unbranched alkanes of at least 4 members (excludes halogenated alkanes) is 2. The number of hydrogen-bond acceptors (Lipinski definition) is 3. The number of benzene rings is 1. The second kappa shape index (κ2) is 9.53. The smallest absolute Gasteiger partial charge is 0.228 e. The summed E-state index contributed by atoms with van der Waals surface area (Å²) >= 11 is 0. The van der Waals surface area contributed by atoms with E-state index >= 15 is 0 Å². The standard InChI is InChI=1S/C15H24N2O2/c1-19-11-7-3-6-10-17-15(18)14(12-16)13-8-4-2-5-9-13/h2,4-5,8-9,14H,3,6-7,10-12,16H2,1H3,(H,17,18). The van der Waals surface area contributed by atoms with Gasteiger partial charge in [-0.2, -0.15) is 0 Å². The van der Waals surface area contributed by atoms with Gasteiger partial charge in [0, 0.05) is 26.8 Å². The predicted octanol–water partition coefficient (Wildman–Crippen LogP) is 1.66. The molecule has 0 aromatic heterocycles. The van der Waals surface area contributed by atoms with Gasteiger partial charge >= 0.3 is 0 Å². The molecule has 1 aromatic rings. The molecule has 0 saturated heterocycles. The number of ether oxygens (including phenoxy) is 1. The minimum atomic E-state index is -0.250. The Balaban J connectivity index is 2.31. The molecular formula is C15H24N2O2. The molecule has 0 heterocycles. The third kappa shape index (κ3) is 5.85. The van der Waals surface area contributed by atoms with Gasteiger partial charge in [-0.1, -0.05) is 30.3 Å². The summed E-state index contributed by atoms with van der Waals surface area (Å²) in [7, 11) is 1.70. The SMILES string of the molecule is COCCCCCNC(=O)C(CN)c1ccccc1. The topological polar surface area (TPSA) is 64.3 Å². The fraction of sp³-hybridized carbons (Fsp3) is 0.533. The molecule has 4 heteroatoms. The summed E-state index contributed by atoms with van der Waals surface area (Å²) in [4.78, 5) is 12.0. The van der Waals surface area contributed by atoms with Crippen LogP contribution in [-0.4, -0.2) is 32.7 Å². The van der Waals surface area contributed by atoms with Gasteiger partial charge in [0.05, 0.1) is 5.92 Å². The Kier molecular flexibility index (Phi) is 7.86. The van der Waals surface area contributed by atoms with Gasteiger partial charge in [0.15, 0.2) is 0 Å². The molecule has 4 nitrogen and oxygen atoms in total. The fourth-order valence-corrected chi connectivity index (χ4v) is 1.96. The summed E-state index contributed by atoms with van der Waals surface area (Å²) in [6.45, 7) is 1.81. The van der Waals surface area contributed by atoms with Crippen molar-refractivity contribution in [3.63, 3.8) is 0 Å². The number of carbonyl (C=O) groups is 1. The molecule has 3 N–H and O–H groups in total. The van der Waals surface area contributed by atoms with Gasteiger partial charge in [-0.3, -0.25) is 4.79 Å². The number of nitrogens with two attached hydrogens (primary N) is 1. The summed E-state index contributed by atoms with van der Waals surface area (Å²) in [5.41, 5.74) is 6.67. The molecule has 0 aliphatic carbocycles. The monoisotopic (exact) mass is 264 g/mol. The lowest BCUT2D eigenvalue weighted by Gasteiger charge is -2.15. The van der Waals surface area contributed by atoms with E-state index in [0.29, 0.717) is 13.1 Å². The van der Waals surface area contributed by atoms with Crippen molar-refractivity contribution in [1.29, 1.82) is 0 Å². The maximum atomic E-state index is 12.0. The first-order valence-electron chi connectivity index (χ1n) is 6.81. The van der Waals surface area contributed by atoms with Crippen molar-refractivity contribution in [2.75, 3.05) is 26.8 Å². The predicted molar refractivity (Wildman–Crippen MR) is 77.0 cm³/mol. The normalized spacial score (nSPS) is 12.1. The summed E-state index contributed by atoms with van der Waals surface area (Å²) < 4.78 is 4.98. The third-order valence-electron chi connectivity index (χ3n) is 3.08. The van der Waals surface area contributed by atoms with Crippen LogP contribution in [0.5, 0.6) is 0 Å². The molecule has 0 radical (unpaired) electrons. The Morgan fingerprint density at radius 1 is 1.26 bits per heavy atom. The molecule has 1 amide bonds. The van der Waals surface area contributed by atoms with Crippen molar-refractivity contribution >= 4 is 5.91 Å². The number of hydrogen-bond donors (Lipinski definition) is 2. The second-order valence-corrected chi connectivity index (χ2v) is 4.54. The van der Waals surface area contributed by atoms with Crippen LogP contribution in [0.4, 0.5) is 0 Å². The lowest BCUT2D eigenvalue weighted by molar-refractivity contribution is -0.122. The zero-order chi connectivity index (χ0) is 13.9. The van der Waals surface area contributed by atoms with Gasteiger partial charge in [0.25, 0.3) is 0 Å². The zero-order valence-electron chi connectivity index (χ0n) is 11.6. The summed E-state index contributed by atoms with van der Waals surface area (Å²) in [6, 6.07) is 9.67. The molecule has 106 valence electrons. The molecule has 0 saturated carbocycles. The van der Waals surface area contributed by atoms with Crippen LogP contribution in [0, 0.1) is 0 Å². The van der Waals surface area contributed by atoms with Crippen LogP contribution < -0.4 is 11.1 Å². The maximum Gasteiger partial charge on any atom is 0.228 e. The van der Waals surface area contributed by atoms with Crippen LogP contribution >= 0.6 is 0 Å². The maximum absolute atomic E-state index is 12.0. The molecule has 0 aliphatic heterocycles. The molecule has 1 atom stereocenters. The largest absolute Gasteiger partial charge is 0.385 e. The minimum absolute atomic E-state index is 0.0143. The van der Waals surface area contributed by atoms with E-state index in [9.17, 15) is 4.79 Å². The van der Waals surface area contributed by atoms with Gasteiger partial charge in [-0.05, 0) is 24.8 Å². The van der Waals surface area contributed by atoms with Crippen LogP contribution in [0.25, 0.3) is 0 Å². The Morgan fingerprint density at radius 2 is 2.00 bits per heavy atom. The highest BCUT2D eigenvalue weighted by atomic mass is 16.5. The van der Waals surface area contributed by atoms with Crippen molar-refractivity contribution in [2.24, 2.45) is 5.73 Å². The first kappa shape index (κ1) is 15.7. The van der Waals surface area contributed by atoms with Gasteiger partial charge in [0.2, 0.25) is 5.91 Å². The van der Waals surface area contributed by atoms with Gasteiger partial charge in [-0.15, -0.1) is 0 Å². The third-order valence-corrected chi connectivity index (χ3v) is 3.08. The molecule has 0 bridgehead atoms. The number of carbonyl (C=O) groups excluding carboxylic acids is 1. The van der Waals surface area contributed by atoms with Gasteiger partial charge < -0.3 is 15.8 Å². The van der Waals surface area contributed by atoms with Crippen molar-refractivity contribution in [1.82, 2.24) is 5.32 Å². The molecule has 1 unspecified atom stereocenters. The van der Waals surface area contributed by atoms with E-state index in [1.54, 1.807) is 7.11 Å². The molecule has 19 heavy (non-hydrogen) atoms. The summed E-state index contributed by atoms with van der Waals surface area (Å²) in [6.07, 6.45) is 3.07. The van der Waals surface area contributed by atoms with Crippen LogP contribution in [0.3, 0.4) is 0 Å². The van der Waals surface area contributed by atoms with Crippen LogP contribution in [0.1, 0.15) is 30.7 Å². The average Bonchev–Trinajstić information content (AvgIpc) is 2.45. The summed E-state index contributed by atoms with van der Waals surface area (Å²) in [5, 5.41) is 2.95. The molecule has 0 spiro atoms. The Labute approximate surface area is 115 Å². The lowest BCUT2D eigenvalue weighted by atomic mass is 9.98. The van der Waals surface area contributed by atoms with E-state index in [1.165, 1.54) is 0 Å². The van der Waals surface area contributed by atoms with Gasteiger partial charge in [-0.25, -0.2) is 0 Å². The highest BCUT2D eigenvalue weighted by Crippen LogP contribution is 2.14. The van der Waals surface area contributed by atoms with E-state index in [-0.39, 0.29) is 11.8 Å². The second-order valence-electron chi connectivity index (χ2n) is 4.54. The van der Waals surface area contributed by atoms with Gasteiger partial charge in [0.1, 0.15) is 0 Å². The van der Waals surface area contributed by atoms with Crippen molar-refractivity contribution in [3.05, 3.63) is 35.9 Å². The lowest BCUT2D eigenvalue weighted by Crippen LogP contribution is -2.34. The number of nitrogens with one attached hydrogen (secondary N) is 1. The zero-order valence-corrected chi connectivity index (χ0v) is 11.6. The Bertz CT molecular complexity index is 354. The van der Waals surface area contributed by atoms with Crippen molar-refractivity contribution < 1.29 is 9.53 Å². The molecule has 0 aliphatic rings. The Hall–Kier alpha value is -1.39. The number of amides is 1. The van der Waals surface area contributed by atoms with Crippen molar-refractivity contribution in [2.45, 2.75) is 25.2 Å². The average molecular weight is 264 g/mol. The molecular weight excluding hydrogens is 240 g/mol. The number of rotatable bonds is 9. The van der Waals surface area contributed by atoms with E-state index in [2.05, 4.69) is 5.32 Å². The minimum Gasteiger partial charge on any atom is -0.385 e. The quantitative estimate of drug-likeness (QED) is 0.667. The molecule has 1 rings (SSSR count). The van der Waals surface area contributed by atoms with Crippen molar-refractivity contribution in [3.8, 4) is 0 Å². The molecule has 1 aromatic carbocycles. The highest BCUT2D eigenvalue weighted by molar-refractivity contribution is 5.83. The van der Waals surface area contributed by atoms with E-state index in [4.69, 9.17) is 10.5 Å². The highest BCUT2D eigenvalue weighted by Gasteiger charge is 2.17. The number of methoxy groups -OCH3 is 1. The van der Waals surface area contributed by atoms with Crippen LogP contribution in [0.15, 0.2) is 30.3 Å². The van der Waals surface area contributed by atoms with Crippen LogP contribution in [0.2, 0.25) is 0 Å². The summed E-state index contributed by atoms with van der Waals surface area (Å²) in [5.74, 6) is -0.236.